The summed E-state index contributed by atoms with van der Waals surface area (Å²) in [5.74, 6) is -0.288. The molecule has 0 N–H and O–H groups in total. The molecule has 0 aromatic heterocycles. The zero-order valence-electron chi connectivity index (χ0n) is 12.3. The highest BCUT2D eigenvalue weighted by Crippen LogP contribution is 2.38. The lowest BCUT2D eigenvalue weighted by atomic mass is 9.87. The molecule has 1 aliphatic heterocycles. The van der Waals surface area contributed by atoms with E-state index in [9.17, 15) is 9.18 Å². The first-order valence-corrected chi connectivity index (χ1v) is 6.47. The van der Waals surface area contributed by atoms with Crippen LogP contribution in [-0.4, -0.2) is 31.4 Å². The Morgan fingerprint density at radius 2 is 1.79 bits per heavy atom. The maximum absolute atomic E-state index is 13.9. The minimum absolute atomic E-state index is 0.281. The van der Waals surface area contributed by atoms with Crippen LogP contribution in [0.25, 0.3) is 0 Å². The molecule has 0 bridgehead atoms. The quantitative estimate of drug-likeness (QED) is 0.438. The molecule has 0 aromatic carbocycles. The van der Waals surface area contributed by atoms with E-state index < -0.39 is 24.0 Å². The zero-order valence-corrected chi connectivity index (χ0v) is 12.3. The standard InChI is InChI=1S/C13H22BFO4/c1-12(2)13(3,4)19-14(18-12)10(15)8-6-7-9-11(16)17-5/h8H,6-7,9H2,1-5H3. The Labute approximate surface area is 114 Å². The molecule has 0 radical (unpaired) electrons. The highest BCUT2D eigenvalue weighted by atomic mass is 19.1. The summed E-state index contributed by atoms with van der Waals surface area (Å²) in [5.41, 5.74) is -1.53. The van der Waals surface area contributed by atoms with Crippen molar-refractivity contribution in [1.29, 1.82) is 0 Å². The molecule has 108 valence electrons. The molecule has 1 rings (SSSR count). The van der Waals surface area contributed by atoms with Crippen molar-refractivity contribution in [2.75, 3.05) is 7.11 Å². The van der Waals surface area contributed by atoms with Crippen molar-refractivity contribution in [3.63, 3.8) is 0 Å². The van der Waals surface area contributed by atoms with E-state index in [0.717, 1.165) is 0 Å². The number of methoxy groups -OCH3 is 1. The van der Waals surface area contributed by atoms with Crippen molar-refractivity contribution in [3.8, 4) is 0 Å². The van der Waals surface area contributed by atoms with Gasteiger partial charge in [-0.3, -0.25) is 4.79 Å². The fourth-order valence-corrected chi connectivity index (χ4v) is 1.64. The number of ether oxygens (including phenoxy) is 1. The number of hydrogen-bond donors (Lipinski definition) is 0. The van der Waals surface area contributed by atoms with Crippen LogP contribution in [-0.2, 0) is 18.8 Å². The van der Waals surface area contributed by atoms with Gasteiger partial charge in [0.25, 0.3) is 0 Å². The molecule has 0 spiro atoms. The summed E-state index contributed by atoms with van der Waals surface area (Å²) >= 11 is 0. The Bertz CT molecular complexity index is 350. The predicted octanol–water partition coefficient (Wildman–Crippen LogP) is 2.81. The highest BCUT2D eigenvalue weighted by molar-refractivity contribution is 6.53. The van der Waals surface area contributed by atoms with Crippen LogP contribution in [0.2, 0.25) is 0 Å². The summed E-state index contributed by atoms with van der Waals surface area (Å²) in [6, 6.07) is 0. The van der Waals surface area contributed by atoms with Gasteiger partial charge in [0.2, 0.25) is 0 Å². The number of allylic oxidation sites excluding steroid dienone is 1. The van der Waals surface area contributed by atoms with Crippen molar-refractivity contribution in [3.05, 3.63) is 11.8 Å². The topological polar surface area (TPSA) is 44.8 Å². The van der Waals surface area contributed by atoms with Crippen LogP contribution in [0.1, 0.15) is 47.0 Å². The average molecular weight is 272 g/mol. The van der Waals surface area contributed by atoms with Gasteiger partial charge in [0.05, 0.1) is 18.3 Å². The Kier molecular flexibility index (Phi) is 5.15. The molecule has 0 saturated carbocycles. The molecule has 0 atom stereocenters. The maximum atomic E-state index is 13.9. The molecule has 0 amide bonds. The summed E-state index contributed by atoms with van der Waals surface area (Å²) in [6.07, 6.45) is 2.68. The molecule has 4 nitrogen and oxygen atoms in total. The second-order valence-electron chi connectivity index (χ2n) is 5.65. The lowest BCUT2D eigenvalue weighted by molar-refractivity contribution is -0.140. The SMILES string of the molecule is COC(=O)CCCC=C(F)B1OC(C)(C)C(C)(C)O1. The van der Waals surface area contributed by atoms with Gasteiger partial charge in [-0.1, -0.05) is 6.08 Å². The van der Waals surface area contributed by atoms with Gasteiger partial charge in [0.1, 0.15) is 5.73 Å². The highest BCUT2D eigenvalue weighted by Gasteiger charge is 2.52. The van der Waals surface area contributed by atoms with Crippen molar-refractivity contribution in [2.24, 2.45) is 0 Å². The minimum Gasteiger partial charge on any atom is -0.469 e. The van der Waals surface area contributed by atoms with Gasteiger partial charge < -0.3 is 14.0 Å². The smallest absolute Gasteiger partial charge is 0.469 e. The number of halogens is 1. The second-order valence-corrected chi connectivity index (χ2v) is 5.65. The molecule has 0 aliphatic carbocycles. The number of esters is 1. The molecular formula is C13H22BFO4. The zero-order chi connectivity index (χ0) is 14.7. The lowest BCUT2D eigenvalue weighted by Gasteiger charge is -2.32. The molecule has 1 saturated heterocycles. The molecule has 0 unspecified atom stereocenters. The van der Waals surface area contributed by atoms with Crippen LogP contribution in [0, 0.1) is 0 Å². The number of carbonyl (C=O) groups is 1. The van der Waals surface area contributed by atoms with Crippen LogP contribution < -0.4 is 0 Å². The fraction of sp³-hybridized carbons (Fsp3) is 0.769. The van der Waals surface area contributed by atoms with Crippen LogP contribution in [0.5, 0.6) is 0 Å². The van der Waals surface area contributed by atoms with Crippen molar-refractivity contribution in [1.82, 2.24) is 0 Å². The molecule has 19 heavy (non-hydrogen) atoms. The van der Waals surface area contributed by atoms with Crippen LogP contribution in [0.15, 0.2) is 11.8 Å². The Balaban J connectivity index is 2.47. The van der Waals surface area contributed by atoms with E-state index in [2.05, 4.69) is 4.74 Å². The summed E-state index contributed by atoms with van der Waals surface area (Å²) in [5, 5.41) is 0. The van der Waals surface area contributed by atoms with Crippen LogP contribution >= 0.6 is 0 Å². The van der Waals surface area contributed by atoms with Crippen molar-refractivity contribution < 1.29 is 23.2 Å². The Hall–Kier alpha value is -0.875. The second kappa shape index (κ2) is 6.05. The van der Waals surface area contributed by atoms with Gasteiger partial charge in [-0.15, -0.1) is 0 Å². The van der Waals surface area contributed by atoms with E-state index in [1.807, 2.05) is 27.7 Å². The normalized spacial score (nSPS) is 21.6. The molecule has 1 fully saturated rings. The summed E-state index contributed by atoms with van der Waals surface area (Å²) < 4.78 is 29.5. The first-order chi connectivity index (χ1) is 8.69. The van der Waals surface area contributed by atoms with Gasteiger partial charge in [0.15, 0.2) is 0 Å². The first-order valence-electron chi connectivity index (χ1n) is 6.47. The van der Waals surface area contributed by atoms with E-state index >= 15 is 0 Å². The van der Waals surface area contributed by atoms with E-state index in [1.54, 1.807) is 0 Å². The van der Waals surface area contributed by atoms with Crippen molar-refractivity contribution in [2.45, 2.75) is 58.2 Å². The van der Waals surface area contributed by atoms with Gasteiger partial charge in [-0.2, -0.15) is 0 Å². The molecular weight excluding hydrogens is 250 g/mol. The Morgan fingerprint density at radius 3 is 2.26 bits per heavy atom. The van der Waals surface area contributed by atoms with Gasteiger partial charge >= 0.3 is 13.1 Å². The molecule has 0 aromatic rings. The van der Waals surface area contributed by atoms with E-state index in [1.165, 1.54) is 13.2 Å². The third-order valence-corrected chi connectivity index (χ3v) is 3.63. The summed E-state index contributed by atoms with van der Waals surface area (Å²) in [6.45, 7) is 7.49. The maximum Gasteiger partial charge on any atom is 0.524 e. The third-order valence-electron chi connectivity index (χ3n) is 3.63. The Morgan fingerprint density at radius 1 is 1.26 bits per heavy atom. The number of carbonyl (C=O) groups excluding carboxylic acids is 1. The predicted molar refractivity (Wildman–Crippen MR) is 71.1 cm³/mol. The lowest BCUT2D eigenvalue weighted by Crippen LogP contribution is -2.41. The first kappa shape index (κ1) is 16.2. The number of hydrogen-bond acceptors (Lipinski definition) is 4. The molecule has 1 aliphatic rings. The third kappa shape index (κ3) is 4.04. The summed E-state index contributed by atoms with van der Waals surface area (Å²) in [4.78, 5) is 10.9. The van der Waals surface area contributed by atoms with Crippen molar-refractivity contribution >= 4 is 13.1 Å². The molecule has 1 heterocycles. The van der Waals surface area contributed by atoms with E-state index in [-0.39, 0.29) is 12.4 Å². The average Bonchev–Trinajstić information content (AvgIpc) is 2.53. The largest absolute Gasteiger partial charge is 0.524 e. The monoisotopic (exact) mass is 272 g/mol. The van der Waals surface area contributed by atoms with Gasteiger partial charge in [0, 0.05) is 6.42 Å². The number of unbranched alkanes of at least 4 members (excludes halogenated alkanes) is 1. The summed E-state index contributed by atoms with van der Waals surface area (Å²) in [7, 11) is 0.381. The van der Waals surface area contributed by atoms with E-state index in [0.29, 0.717) is 12.8 Å². The van der Waals surface area contributed by atoms with Gasteiger partial charge in [-0.05, 0) is 40.5 Å². The molecule has 6 heteroatoms. The van der Waals surface area contributed by atoms with Gasteiger partial charge in [-0.25, -0.2) is 4.39 Å². The minimum atomic E-state index is -0.955. The van der Waals surface area contributed by atoms with Crippen LogP contribution in [0.4, 0.5) is 4.39 Å². The van der Waals surface area contributed by atoms with E-state index in [4.69, 9.17) is 9.31 Å². The number of rotatable bonds is 5. The van der Waals surface area contributed by atoms with Crippen LogP contribution in [0.3, 0.4) is 0 Å². The fourth-order valence-electron chi connectivity index (χ4n) is 1.64.